The maximum absolute atomic E-state index is 5.39. The minimum absolute atomic E-state index is 0.0493. The van der Waals surface area contributed by atoms with E-state index < -0.39 is 0 Å². The van der Waals surface area contributed by atoms with Crippen molar-refractivity contribution in [3.05, 3.63) is 42.3 Å². The summed E-state index contributed by atoms with van der Waals surface area (Å²) < 4.78 is 7.45. The Balaban J connectivity index is 1.61. The second-order valence-corrected chi connectivity index (χ2v) is 6.93. The van der Waals surface area contributed by atoms with Crippen LogP contribution in [0, 0.1) is 6.92 Å². The summed E-state index contributed by atoms with van der Waals surface area (Å²) in [6.07, 6.45) is 14.6. The molecule has 3 aromatic rings. The molecule has 0 saturated heterocycles. The Labute approximate surface area is 152 Å². The zero-order valence-corrected chi connectivity index (χ0v) is 15.3. The molecule has 1 atom stereocenters. The Morgan fingerprint density at radius 2 is 1.92 bits per heavy atom. The quantitative estimate of drug-likeness (QED) is 0.688. The van der Waals surface area contributed by atoms with E-state index >= 15 is 0 Å². The monoisotopic (exact) mass is 352 g/mol. The largest absolute Gasteiger partial charge is 0.337 e. The van der Waals surface area contributed by atoms with E-state index in [1.54, 1.807) is 6.20 Å². The summed E-state index contributed by atoms with van der Waals surface area (Å²) in [7, 11) is 0. The lowest BCUT2D eigenvalue weighted by atomic mass is 9.89. The van der Waals surface area contributed by atoms with Gasteiger partial charge in [0.25, 0.3) is 0 Å². The Morgan fingerprint density at radius 3 is 2.58 bits per heavy atom. The molecule has 0 N–H and O–H groups in total. The van der Waals surface area contributed by atoms with E-state index in [0.717, 1.165) is 23.6 Å². The topological polar surface area (TPSA) is 82.5 Å². The molecule has 0 aliphatic heterocycles. The molecule has 0 aromatic carbocycles. The van der Waals surface area contributed by atoms with Gasteiger partial charge in [-0.1, -0.05) is 31.3 Å². The molecular formula is C19H24N6O. The maximum Gasteiger partial charge on any atom is 0.249 e. The molecule has 136 valence electrons. The van der Waals surface area contributed by atoms with Gasteiger partial charge in [0.1, 0.15) is 17.7 Å². The van der Waals surface area contributed by atoms with Crippen LogP contribution >= 0.6 is 0 Å². The predicted molar refractivity (Wildman–Crippen MR) is 96.5 cm³/mol. The normalized spacial score (nSPS) is 16.7. The number of nitrogens with zero attached hydrogens (tertiary/aromatic N) is 6. The molecule has 1 aliphatic carbocycles. The molecule has 1 fully saturated rings. The van der Waals surface area contributed by atoms with Gasteiger partial charge in [0.15, 0.2) is 5.82 Å². The van der Waals surface area contributed by atoms with Crippen molar-refractivity contribution in [2.24, 2.45) is 0 Å². The van der Waals surface area contributed by atoms with E-state index in [1.807, 2.05) is 25.5 Å². The van der Waals surface area contributed by atoms with Gasteiger partial charge >= 0.3 is 0 Å². The molecule has 0 amide bonds. The van der Waals surface area contributed by atoms with Gasteiger partial charge in [-0.15, -0.1) is 0 Å². The van der Waals surface area contributed by atoms with Crippen molar-refractivity contribution in [2.75, 3.05) is 0 Å². The highest BCUT2D eigenvalue weighted by atomic mass is 16.5. The van der Waals surface area contributed by atoms with Crippen LogP contribution in [0.4, 0.5) is 0 Å². The van der Waals surface area contributed by atoms with Crippen LogP contribution in [-0.2, 0) is 0 Å². The molecule has 1 saturated carbocycles. The zero-order chi connectivity index (χ0) is 17.9. The molecular weight excluding hydrogens is 328 g/mol. The van der Waals surface area contributed by atoms with Crippen LogP contribution in [0.15, 0.2) is 29.3 Å². The van der Waals surface area contributed by atoms with E-state index in [1.165, 1.54) is 32.1 Å². The third kappa shape index (κ3) is 3.25. The van der Waals surface area contributed by atoms with Crippen LogP contribution in [0.5, 0.6) is 0 Å². The highest BCUT2D eigenvalue weighted by Crippen LogP contribution is 2.31. The van der Waals surface area contributed by atoms with Crippen molar-refractivity contribution in [3.63, 3.8) is 0 Å². The summed E-state index contributed by atoms with van der Waals surface area (Å²) in [5, 5.41) is 3.92. The molecule has 3 heterocycles. The fourth-order valence-electron chi connectivity index (χ4n) is 3.75. The van der Waals surface area contributed by atoms with E-state index in [-0.39, 0.29) is 6.04 Å². The Kier molecular flexibility index (Phi) is 4.77. The Bertz CT molecular complexity index is 847. The third-order valence-electron chi connectivity index (χ3n) is 5.12. The number of aromatic nitrogens is 6. The standard InChI is InChI=1S/C19H24N6O/c1-3-16(19-23-13(2)24-26-19)25-10-9-20-18(25)15-11-21-17(22-12-15)14-7-5-4-6-8-14/h9-12,14,16H,3-8H2,1-2H3. The van der Waals surface area contributed by atoms with Crippen LogP contribution in [0.2, 0.25) is 0 Å². The molecule has 26 heavy (non-hydrogen) atoms. The lowest BCUT2D eigenvalue weighted by Crippen LogP contribution is -2.12. The van der Waals surface area contributed by atoms with Crippen LogP contribution in [0.3, 0.4) is 0 Å². The van der Waals surface area contributed by atoms with Crippen molar-refractivity contribution >= 4 is 0 Å². The van der Waals surface area contributed by atoms with E-state index in [4.69, 9.17) is 4.52 Å². The average molecular weight is 352 g/mol. The maximum atomic E-state index is 5.39. The highest BCUT2D eigenvalue weighted by Gasteiger charge is 2.23. The fraction of sp³-hybridized carbons (Fsp3) is 0.526. The number of aryl methyl sites for hydroxylation is 1. The first kappa shape index (κ1) is 16.9. The Hall–Kier alpha value is -2.57. The lowest BCUT2D eigenvalue weighted by Gasteiger charge is -2.20. The van der Waals surface area contributed by atoms with Gasteiger partial charge in [0.05, 0.1) is 5.56 Å². The number of imidazole rings is 1. The predicted octanol–water partition coefficient (Wildman–Crippen LogP) is 4.08. The second-order valence-electron chi connectivity index (χ2n) is 6.93. The van der Waals surface area contributed by atoms with Gasteiger partial charge in [0, 0.05) is 30.7 Å². The number of hydrogen-bond donors (Lipinski definition) is 0. The summed E-state index contributed by atoms with van der Waals surface area (Å²) in [5.41, 5.74) is 0.907. The van der Waals surface area contributed by atoms with Gasteiger partial charge in [-0.25, -0.2) is 15.0 Å². The molecule has 0 bridgehead atoms. The van der Waals surface area contributed by atoms with Crippen LogP contribution in [-0.4, -0.2) is 29.7 Å². The van der Waals surface area contributed by atoms with Crippen molar-refractivity contribution in [1.29, 1.82) is 0 Å². The fourth-order valence-corrected chi connectivity index (χ4v) is 3.75. The van der Waals surface area contributed by atoms with E-state index in [9.17, 15) is 0 Å². The molecule has 0 radical (unpaired) electrons. The first-order valence-electron chi connectivity index (χ1n) is 9.41. The van der Waals surface area contributed by atoms with E-state index in [2.05, 4.69) is 36.6 Å². The average Bonchev–Trinajstić information content (AvgIpc) is 3.33. The lowest BCUT2D eigenvalue weighted by molar-refractivity contribution is 0.331. The first-order valence-corrected chi connectivity index (χ1v) is 9.41. The number of rotatable bonds is 5. The van der Waals surface area contributed by atoms with Crippen molar-refractivity contribution < 1.29 is 4.52 Å². The molecule has 7 nitrogen and oxygen atoms in total. The van der Waals surface area contributed by atoms with Crippen molar-refractivity contribution in [1.82, 2.24) is 29.7 Å². The zero-order valence-electron chi connectivity index (χ0n) is 15.3. The van der Waals surface area contributed by atoms with Gasteiger partial charge in [-0.2, -0.15) is 4.98 Å². The minimum atomic E-state index is -0.0493. The van der Waals surface area contributed by atoms with Gasteiger partial charge in [-0.05, 0) is 26.2 Å². The van der Waals surface area contributed by atoms with Crippen LogP contribution in [0.25, 0.3) is 11.4 Å². The van der Waals surface area contributed by atoms with Crippen LogP contribution < -0.4 is 0 Å². The SMILES string of the molecule is CCC(c1nc(C)no1)n1ccnc1-c1cnc(C2CCCCC2)nc1. The summed E-state index contributed by atoms with van der Waals surface area (Å²) >= 11 is 0. The Morgan fingerprint density at radius 1 is 1.15 bits per heavy atom. The minimum Gasteiger partial charge on any atom is -0.337 e. The van der Waals surface area contributed by atoms with Crippen LogP contribution in [0.1, 0.15) is 74.9 Å². The third-order valence-corrected chi connectivity index (χ3v) is 5.12. The van der Waals surface area contributed by atoms with Gasteiger partial charge in [0.2, 0.25) is 5.89 Å². The molecule has 4 rings (SSSR count). The molecule has 0 spiro atoms. The summed E-state index contributed by atoms with van der Waals surface area (Å²) in [6, 6.07) is -0.0493. The smallest absolute Gasteiger partial charge is 0.249 e. The van der Waals surface area contributed by atoms with E-state index in [0.29, 0.717) is 17.6 Å². The van der Waals surface area contributed by atoms with Crippen molar-refractivity contribution in [2.45, 2.75) is 64.3 Å². The second kappa shape index (κ2) is 7.35. The molecule has 1 aliphatic rings. The van der Waals surface area contributed by atoms with Gasteiger partial charge in [-0.3, -0.25) is 0 Å². The molecule has 3 aromatic heterocycles. The van der Waals surface area contributed by atoms with Gasteiger partial charge < -0.3 is 9.09 Å². The molecule has 7 heteroatoms. The molecule has 1 unspecified atom stereocenters. The summed E-state index contributed by atoms with van der Waals surface area (Å²) in [4.78, 5) is 18.2. The van der Waals surface area contributed by atoms with Crippen molar-refractivity contribution in [3.8, 4) is 11.4 Å². The first-order chi connectivity index (χ1) is 12.8. The summed E-state index contributed by atoms with van der Waals surface area (Å²) in [5.74, 6) is 3.53. The highest BCUT2D eigenvalue weighted by molar-refractivity contribution is 5.53. The number of hydrogen-bond acceptors (Lipinski definition) is 6. The summed E-state index contributed by atoms with van der Waals surface area (Å²) in [6.45, 7) is 3.92.